The van der Waals surface area contributed by atoms with Crippen molar-refractivity contribution in [2.45, 2.75) is 6.92 Å². The Morgan fingerprint density at radius 1 is 1.16 bits per heavy atom. The average molecular weight is 446 g/mol. The van der Waals surface area contributed by atoms with Crippen LogP contribution in [0.2, 0.25) is 0 Å². The molecule has 0 saturated carbocycles. The van der Waals surface area contributed by atoms with Crippen LogP contribution >= 0.6 is 11.3 Å². The van der Waals surface area contributed by atoms with E-state index >= 15 is 0 Å². The van der Waals surface area contributed by atoms with Gasteiger partial charge < -0.3 is 9.73 Å². The second-order valence-corrected chi connectivity index (χ2v) is 7.81. The van der Waals surface area contributed by atoms with Gasteiger partial charge in [-0.2, -0.15) is 0 Å². The summed E-state index contributed by atoms with van der Waals surface area (Å²) in [6.07, 6.45) is 1.51. The van der Waals surface area contributed by atoms with Crippen molar-refractivity contribution in [3.8, 4) is 16.4 Å². The number of nitrogens with one attached hydrogen (secondary N) is 1. The predicted molar refractivity (Wildman–Crippen MR) is 120 cm³/mol. The van der Waals surface area contributed by atoms with Crippen molar-refractivity contribution in [2.24, 2.45) is 0 Å². The van der Waals surface area contributed by atoms with Gasteiger partial charge in [-0.1, -0.05) is 12.1 Å². The normalized spacial score (nSPS) is 11.1. The maximum atomic E-state index is 13.2. The molecule has 0 aliphatic heterocycles. The number of fused-ring (bicyclic) bond motifs is 1. The molecule has 0 atom stereocenters. The molecule has 3 aromatic heterocycles. The Balaban J connectivity index is 1.47. The van der Waals surface area contributed by atoms with Gasteiger partial charge >= 0.3 is 0 Å². The number of rotatable bonds is 4. The molecule has 158 valence electrons. The number of anilines is 1. The van der Waals surface area contributed by atoms with Gasteiger partial charge in [0.15, 0.2) is 16.3 Å². The number of imidazole rings is 1. The number of aromatic nitrogens is 3. The molecule has 1 amide bonds. The molecule has 0 fully saturated rings. The highest BCUT2D eigenvalue weighted by molar-refractivity contribution is 7.12. The fourth-order valence-corrected chi connectivity index (χ4v) is 4.18. The minimum absolute atomic E-state index is 0.106. The number of carbonyl (C=O) groups is 1. The third-order valence-corrected chi connectivity index (χ3v) is 5.69. The maximum absolute atomic E-state index is 13.2. The summed E-state index contributed by atoms with van der Waals surface area (Å²) >= 11 is 1.36. The first-order valence-electron chi connectivity index (χ1n) is 9.60. The first-order chi connectivity index (χ1) is 15.5. The molecule has 2 aromatic carbocycles. The summed E-state index contributed by atoms with van der Waals surface area (Å²) in [6, 6.07) is 14.0. The lowest BCUT2D eigenvalue weighted by Gasteiger charge is -2.08. The molecule has 32 heavy (non-hydrogen) atoms. The van der Waals surface area contributed by atoms with Crippen molar-refractivity contribution < 1.29 is 13.6 Å². The minimum Gasteiger partial charge on any atom is -0.451 e. The van der Waals surface area contributed by atoms with Gasteiger partial charge in [0.2, 0.25) is 0 Å². The lowest BCUT2D eigenvalue weighted by atomic mass is 10.2. The van der Waals surface area contributed by atoms with Gasteiger partial charge in [-0.3, -0.25) is 14.2 Å². The number of aryl methyl sites for hydroxylation is 1. The van der Waals surface area contributed by atoms with E-state index in [9.17, 15) is 14.0 Å². The first-order valence-corrected chi connectivity index (χ1v) is 10.5. The highest BCUT2D eigenvalue weighted by atomic mass is 32.1. The zero-order chi connectivity index (χ0) is 22.2. The molecule has 0 bridgehead atoms. The van der Waals surface area contributed by atoms with Crippen molar-refractivity contribution in [3.63, 3.8) is 0 Å². The number of para-hydroxylation sites is 1. The second-order valence-electron chi connectivity index (χ2n) is 6.97. The van der Waals surface area contributed by atoms with Crippen LogP contribution in [0.25, 0.3) is 27.4 Å². The first kappa shape index (κ1) is 19.8. The molecular formula is C23H15FN4O3S. The zero-order valence-electron chi connectivity index (χ0n) is 16.7. The fourth-order valence-electron chi connectivity index (χ4n) is 3.29. The lowest BCUT2D eigenvalue weighted by Crippen LogP contribution is -2.17. The standard InChI is InChI=1S/C23H15FN4O3S/c1-13-25-11-21(27-22(30)20-10-18(29)16-4-2-3-5-19(16)31-20)28(13)23-26-17(12-32-23)14-6-8-15(24)9-7-14/h2-12H,1H3,(H,27,30). The van der Waals surface area contributed by atoms with Crippen LogP contribution in [0, 0.1) is 12.7 Å². The molecule has 5 rings (SSSR count). The number of hydrogen-bond acceptors (Lipinski definition) is 6. The third-order valence-electron chi connectivity index (χ3n) is 4.86. The van der Waals surface area contributed by atoms with Crippen molar-refractivity contribution in [2.75, 3.05) is 5.32 Å². The Morgan fingerprint density at radius 2 is 1.94 bits per heavy atom. The molecule has 0 saturated heterocycles. The van der Waals surface area contributed by atoms with Crippen LogP contribution in [0.4, 0.5) is 10.2 Å². The number of hydrogen-bond donors (Lipinski definition) is 1. The Bertz CT molecular complexity index is 1520. The van der Waals surface area contributed by atoms with E-state index in [1.807, 2.05) is 5.38 Å². The van der Waals surface area contributed by atoms with Crippen molar-refractivity contribution in [3.05, 3.63) is 93.8 Å². The quantitative estimate of drug-likeness (QED) is 0.428. The molecular weight excluding hydrogens is 431 g/mol. The van der Waals surface area contributed by atoms with Gasteiger partial charge in [0.1, 0.15) is 23.0 Å². The van der Waals surface area contributed by atoms with Crippen molar-refractivity contribution in [1.29, 1.82) is 0 Å². The van der Waals surface area contributed by atoms with E-state index in [0.717, 1.165) is 5.56 Å². The van der Waals surface area contributed by atoms with E-state index in [1.54, 1.807) is 47.9 Å². The van der Waals surface area contributed by atoms with Crippen LogP contribution < -0.4 is 10.7 Å². The Morgan fingerprint density at radius 3 is 2.75 bits per heavy atom. The topological polar surface area (TPSA) is 90.0 Å². The van der Waals surface area contributed by atoms with Crippen LogP contribution in [-0.4, -0.2) is 20.4 Å². The number of thiazole rings is 1. The summed E-state index contributed by atoms with van der Waals surface area (Å²) in [7, 11) is 0. The van der Waals surface area contributed by atoms with Gasteiger partial charge in [-0.15, -0.1) is 11.3 Å². The molecule has 0 aliphatic rings. The zero-order valence-corrected chi connectivity index (χ0v) is 17.5. The molecule has 0 aliphatic carbocycles. The number of halogens is 1. The lowest BCUT2D eigenvalue weighted by molar-refractivity contribution is 0.0996. The fraction of sp³-hybridized carbons (Fsp3) is 0.0435. The molecule has 0 unspecified atom stereocenters. The average Bonchev–Trinajstić information content (AvgIpc) is 3.41. The Hall–Kier alpha value is -4.11. The molecule has 7 nitrogen and oxygen atoms in total. The van der Waals surface area contributed by atoms with E-state index in [4.69, 9.17) is 4.42 Å². The molecule has 0 radical (unpaired) electrons. The van der Waals surface area contributed by atoms with E-state index in [1.165, 1.54) is 35.7 Å². The van der Waals surface area contributed by atoms with Crippen LogP contribution in [0.1, 0.15) is 16.4 Å². The summed E-state index contributed by atoms with van der Waals surface area (Å²) in [5, 5.41) is 5.57. The monoisotopic (exact) mass is 446 g/mol. The number of nitrogens with zero attached hydrogens (tertiary/aromatic N) is 3. The van der Waals surface area contributed by atoms with E-state index in [-0.39, 0.29) is 17.0 Å². The van der Waals surface area contributed by atoms with Crippen LogP contribution in [0.5, 0.6) is 0 Å². The summed E-state index contributed by atoms with van der Waals surface area (Å²) in [6.45, 7) is 1.78. The summed E-state index contributed by atoms with van der Waals surface area (Å²) < 4.78 is 20.5. The largest absolute Gasteiger partial charge is 0.451 e. The smallest absolute Gasteiger partial charge is 0.292 e. The van der Waals surface area contributed by atoms with Crippen molar-refractivity contribution in [1.82, 2.24) is 14.5 Å². The number of benzene rings is 2. The molecule has 0 spiro atoms. The van der Waals surface area contributed by atoms with Gasteiger partial charge in [0.25, 0.3) is 5.91 Å². The minimum atomic E-state index is -0.579. The highest BCUT2D eigenvalue weighted by Crippen LogP contribution is 2.28. The maximum Gasteiger partial charge on any atom is 0.292 e. The number of carbonyl (C=O) groups excluding carboxylic acids is 1. The Kier molecular flexibility index (Phi) is 4.87. The Labute approximate surface area is 184 Å². The highest BCUT2D eigenvalue weighted by Gasteiger charge is 2.18. The molecule has 9 heteroatoms. The summed E-state index contributed by atoms with van der Waals surface area (Å²) in [5.41, 5.74) is 1.48. The second kappa shape index (κ2) is 7.86. The van der Waals surface area contributed by atoms with E-state index in [2.05, 4.69) is 15.3 Å². The summed E-state index contributed by atoms with van der Waals surface area (Å²) in [4.78, 5) is 34.0. The SMILES string of the molecule is Cc1ncc(NC(=O)c2cc(=O)c3ccccc3o2)n1-c1nc(-c2ccc(F)cc2)cs1. The van der Waals surface area contributed by atoms with Gasteiger partial charge in [0.05, 0.1) is 17.3 Å². The van der Waals surface area contributed by atoms with Gasteiger partial charge in [-0.05, 0) is 43.3 Å². The third kappa shape index (κ3) is 3.58. The van der Waals surface area contributed by atoms with Gasteiger partial charge in [0, 0.05) is 17.0 Å². The van der Waals surface area contributed by atoms with Crippen LogP contribution in [0.3, 0.4) is 0 Å². The molecule has 5 aromatic rings. The molecule has 1 N–H and O–H groups in total. The molecule has 3 heterocycles. The van der Waals surface area contributed by atoms with E-state index in [0.29, 0.717) is 33.4 Å². The summed E-state index contributed by atoms with van der Waals surface area (Å²) in [5.74, 6) is -0.0156. The predicted octanol–water partition coefficient (Wildman–Crippen LogP) is 4.80. The van der Waals surface area contributed by atoms with Crippen LogP contribution in [-0.2, 0) is 0 Å². The van der Waals surface area contributed by atoms with Crippen LogP contribution in [0.15, 0.2) is 75.4 Å². The van der Waals surface area contributed by atoms with Gasteiger partial charge in [-0.25, -0.2) is 14.4 Å². The van der Waals surface area contributed by atoms with E-state index < -0.39 is 5.91 Å². The number of amides is 1. The van der Waals surface area contributed by atoms with Crippen molar-refractivity contribution >= 4 is 34.0 Å².